The van der Waals surface area contributed by atoms with Crippen LogP contribution in [-0.4, -0.2) is 40.3 Å². The number of amides is 2. The van der Waals surface area contributed by atoms with Gasteiger partial charge in [-0.2, -0.15) is 0 Å². The van der Waals surface area contributed by atoms with Gasteiger partial charge in [0.25, 0.3) is 0 Å². The van der Waals surface area contributed by atoms with E-state index in [-0.39, 0.29) is 12.6 Å². The minimum atomic E-state index is -0.708. The number of β-amino-alcohol motifs (C(OH)–C–C–N with tert-alkyl or cyclic N) is 1. The molecular formula is C13H17FN2O3. The zero-order valence-corrected chi connectivity index (χ0v) is 10.5. The second-order valence-electron chi connectivity index (χ2n) is 4.69. The molecule has 1 aliphatic heterocycles. The average molecular weight is 268 g/mol. The fraction of sp³-hybridized carbons (Fsp3) is 0.462. The van der Waals surface area contributed by atoms with Gasteiger partial charge in [0.1, 0.15) is 0 Å². The van der Waals surface area contributed by atoms with Crippen LogP contribution in [0.4, 0.5) is 9.18 Å². The Morgan fingerprint density at radius 1 is 1.53 bits per heavy atom. The van der Waals surface area contributed by atoms with E-state index in [0.717, 1.165) is 6.42 Å². The van der Waals surface area contributed by atoms with E-state index in [4.69, 9.17) is 5.11 Å². The van der Waals surface area contributed by atoms with Crippen LogP contribution >= 0.6 is 0 Å². The number of hydrogen-bond donors (Lipinski definition) is 3. The van der Waals surface area contributed by atoms with Crippen molar-refractivity contribution in [2.75, 3.05) is 13.1 Å². The van der Waals surface area contributed by atoms with Crippen molar-refractivity contribution in [1.82, 2.24) is 10.2 Å². The summed E-state index contributed by atoms with van der Waals surface area (Å²) >= 11 is 0. The summed E-state index contributed by atoms with van der Waals surface area (Å²) in [6, 6.07) is 3.71. The van der Waals surface area contributed by atoms with Crippen LogP contribution in [0, 0.1) is 5.82 Å². The molecule has 1 fully saturated rings. The topological polar surface area (TPSA) is 72.8 Å². The highest BCUT2D eigenvalue weighted by molar-refractivity contribution is 5.74. The van der Waals surface area contributed by atoms with Crippen molar-refractivity contribution in [3.8, 4) is 5.75 Å². The van der Waals surface area contributed by atoms with Crippen LogP contribution in [0.1, 0.15) is 18.4 Å². The van der Waals surface area contributed by atoms with E-state index >= 15 is 0 Å². The van der Waals surface area contributed by atoms with E-state index in [1.54, 1.807) is 11.0 Å². The largest absolute Gasteiger partial charge is 0.505 e. The van der Waals surface area contributed by atoms with Crippen molar-refractivity contribution in [3.63, 3.8) is 0 Å². The number of benzene rings is 1. The molecule has 0 spiro atoms. The quantitative estimate of drug-likeness (QED) is 0.754. The Morgan fingerprint density at radius 2 is 2.32 bits per heavy atom. The molecule has 3 N–H and O–H groups in total. The third kappa shape index (κ3) is 3.57. The molecular weight excluding hydrogens is 251 g/mol. The van der Waals surface area contributed by atoms with E-state index in [1.807, 2.05) is 0 Å². The molecule has 1 aliphatic rings. The van der Waals surface area contributed by atoms with Gasteiger partial charge in [0.05, 0.1) is 6.10 Å². The van der Waals surface area contributed by atoms with Gasteiger partial charge in [-0.1, -0.05) is 6.07 Å². The monoisotopic (exact) mass is 268 g/mol. The van der Waals surface area contributed by atoms with E-state index < -0.39 is 17.7 Å². The molecule has 1 aromatic carbocycles. The van der Waals surface area contributed by atoms with Gasteiger partial charge in [-0.3, -0.25) is 0 Å². The molecule has 1 atom stereocenters. The molecule has 104 valence electrons. The number of aromatic hydroxyl groups is 1. The highest BCUT2D eigenvalue weighted by atomic mass is 19.1. The summed E-state index contributed by atoms with van der Waals surface area (Å²) in [6.45, 7) is 1.13. The van der Waals surface area contributed by atoms with Crippen LogP contribution in [-0.2, 0) is 6.54 Å². The number of nitrogens with one attached hydrogen (secondary N) is 1. The Labute approximate surface area is 110 Å². The lowest BCUT2D eigenvalue weighted by Gasteiger charge is -2.30. The van der Waals surface area contributed by atoms with E-state index in [1.165, 1.54) is 12.1 Å². The Morgan fingerprint density at radius 3 is 3.00 bits per heavy atom. The van der Waals surface area contributed by atoms with Gasteiger partial charge in [-0.15, -0.1) is 0 Å². The number of likely N-dealkylation sites (tertiary alicyclic amines) is 1. The van der Waals surface area contributed by atoms with Crippen molar-refractivity contribution in [2.24, 2.45) is 0 Å². The Balaban J connectivity index is 1.87. The summed E-state index contributed by atoms with van der Waals surface area (Å²) in [4.78, 5) is 13.4. The average Bonchev–Trinajstić information content (AvgIpc) is 2.40. The summed E-state index contributed by atoms with van der Waals surface area (Å²) in [5, 5.41) is 21.2. The van der Waals surface area contributed by atoms with E-state index in [0.29, 0.717) is 25.1 Å². The molecule has 1 heterocycles. The number of aliphatic hydroxyl groups is 1. The summed E-state index contributed by atoms with van der Waals surface area (Å²) in [7, 11) is 0. The molecule has 5 nitrogen and oxygen atoms in total. The predicted octanol–water partition coefficient (Wildman–Crippen LogP) is 1.20. The minimum absolute atomic E-state index is 0.183. The Hall–Kier alpha value is -1.82. The maximum Gasteiger partial charge on any atom is 0.317 e. The van der Waals surface area contributed by atoms with E-state index in [9.17, 15) is 14.3 Å². The second kappa shape index (κ2) is 5.88. The van der Waals surface area contributed by atoms with Crippen LogP contribution in [0.2, 0.25) is 0 Å². The first kappa shape index (κ1) is 13.6. The molecule has 1 saturated heterocycles. The van der Waals surface area contributed by atoms with Crippen molar-refractivity contribution in [2.45, 2.75) is 25.5 Å². The first-order chi connectivity index (χ1) is 9.06. The maximum atomic E-state index is 13.1. The second-order valence-corrected chi connectivity index (χ2v) is 4.69. The van der Waals surface area contributed by atoms with Crippen LogP contribution in [0.3, 0.4) is 0 Å². The number of aliphatic hydroxyl groups excluding tert-OH is 1. The molecule has 2 amide bonds. The fourth-order valence-electron chi connectivity index (χ4n) is 2.09. The number of rotatable bonds is 2. The third-order valence-electron chi connectivity index (χ3n) is 3.14. The first-order valence-corrected chi connectivity index (χ1v) is 6.24. The zero-order valence-electron chi connectivity index (χ0n) is 10.5. The smallest absolute Gasteiger partial charge is 0.317 e. The summed E-state index contributed by atoms with van der Waals surface area (Å²) in [5.41, 5.74) is 0.571. The number of phenols is 1. The molecule has 1 unspecified atom stereocenters. The van der Waals surface area contributed by atoms with Gasteiger partial charge in [0, 0.05) is 19.6 Å². The summed E-state index contributed by atoms with van der Waals surface area (Å²) in [5.74, 6) is -1.12. The first-order valence-electron chi connectivity index (χ1n) is 6.24. The van der Waals surface area contributed by atoms with Crippen LogP contribution in [0.5, 0.6) is 5.75 Å². The summed E-state index contributed by atoms with van der Waals surface area (Å²) in [6.07, 6.45) is 1.03. The highest BCUT2D eigenvalue weighted by Gasteiger charge is 2.21. The molecule has 0 saturated carbocycles. The van der Waals surface area contributed by atoms with Gasteiger partial charge in [0.15, 0.2) is 11.6 Å². The molecule has 19 heavy (non-hydrogen) atoms. The molecule has 0 radical (unpaired) electrons. The van der Waals surface area contributed by atoms with Crippen molar-refractivity contribution < 1.29 is 19.4 Å². The van der Waals surface area contributed by atoms with Crippen molar-refractivity contribution in [1.29, 1.82) is 0 Å². The Kier molecular flexibility index (Phi) is 4.21. The zero-order chi connectivity index (χ0) is 13.8. The predicted molar refractivity (Wildman–Crippen MR) is 67.1 cm³/mol. The van der Waals surface area contributed by atoms with Gasteiger partial charge >= 0.3 is 6.03 Å². The number of carbonyl (C=O) groups excluding carboxylic acids is 1. The van der Waals surface area contributed by atoms with Crippen LogP contribution < -0.4 is 5.32 Å². The SMILES string of the molecule is O=C(NCc1ccc(O)c(F)c1)N1CCCC(O)C1. The van der Waals surface area contributed by atoms with Gasteiger partial charge in [0.2, 0.25) is 0 Å². The fourth-order valence-corrected chi connectivity index (χ4v) is 2.09. The van der Waals surface area contributed by atoms with Gasteiger partial charge in [-0.25, -0.2) is 9.18 Å². The van der Waals surface area contributed by atoms with Crippen LogP contribution in [0.15, 0.2) is 18.2 Å². The van der Waals surface area contributed by atoms with Gasteiger partial charge in [-0.05, 0) is 30.5 Å². The summed E-state index contributed by atoms with van der Waals surface area (Å²) < 4.78 is 13.1. The lowest BCUT2D eigenvalue weighted by atomic mass is 10.1. The molecule has 2 rings (SSSR count). The number of phenolic OH excluding ortho intramolecular Hbond substituents is 1. The number of nitrogens with zero attached hydrogens (tertiary/aromatic N) is 1. The Bertz CT molecular complexity index is 467. The highest BCUT2D eigenvalue weighted by Crippen LogP contribution is 2.16. The maximum absolute atomic E-state index is 13.1. The lowest BCUT2D eigenvalue weighted by molar-refractivity contribution is 0.0842. The van der Waals surface area contributed by atoms with Gasteiger partial charge < -0.3 is 20.4 Å². The van der Waals surface area contributed by atoms with Crippen molar-refractivity contribution in [3.05, 3.63) is 29.6 Å². The number of halogens is 1. The molecule has 0 aromatic heterocycles. The molecule has 6 heteroatoms. The normalized spacial score (nSPS) is 19.3. The van der Waals surface area contributed by atoms with Crippen molar-refractivity contribution >= 4 is 6.03 Å². The lowest BCUT2D eigenvalue weighted by Crippen LogP contribution is -2.46. The number of hydrogen-bond acceptors (Lipinski definition) is 3. The standard InChI is InChI=1S/C13H17FN2O3/c14-11-6-9(3-4-12(11)18)7-15-13(19)16-5-1-2-10(17)8-16/h3-4,6,10,17-18H,1-2,5,7-8H2,(H,15,19). The molecule has 0 aliphatic carbocycles. The third-order valence-corrected chi connectivity index (χ3v) is 3.14. The van der Waals surface area contributed by atoms with Crippen LogP contribution in [0.25, 0.3) is 0 Å². The molecule has 1 aromatic rings. The number of carbonyl (C=O) groups is 1. The minimum Gasteiger partial charge on any atom is -0.505 e. The number of piperidine rings is 1. The van der Waals surface area contributed by atoms with E-state index in [2.05, 4.69) is 5.32 Å². The molecule has 0 bridgehead atoms. The number of urea groups is 1.